The molecule has 0 saturated carbocycles. The van der Waals surface area contributed by atoms with Crippen molar-refractivity contribution in [2.24, 2.45) is 0 Å². The highest BCUT2D eigenvalue weighted by atomic mass is 16.5. The number of hydrogen-bond acceptors (Lipinski definition) is 3. The number of carbonyl (C=O) groups excluding carboxylic acids is 2. The van der Waals surface area contributed by atoms with Crippen molar-refractivity contribution in [1.29, 1.82) is 0 Å². The zero-order valence-corrected chi connectivity index (χ0v) is 10.3. The van der Waals surface area contributed by atoms with Crippen molar-refractivity contribution >= 4 is 22.9 Å². The van der Waals surface area contributed by atoms with Crippen molar-refractivity contribution in [3.8, 4) is 0 Å². The normalized spacial score (nSPS) is 10.3. The molecule has 1 aromatic carbocycles. The van der Waals surface area contributed by atoms with Gasteiger partial charge in [0.05, 0.1) is 19.0 Å². The first-order valence-corrected chi connectivity index (χ1v) is 5.55. The lowest BCUT2D eigenvalue weighted by Gasteiger charge is -2.00. The molecule has 2 rings (SSSR count). The Balaban J connectivity index is 2.54. The highest BCUT2D eigenvalue weighted by Gasteiger charge is 2.14. The number of aromatic nitrogens is 1. The average molecular weight is 246 g/mol. The summed E-state index contributed by atoms with van der Waals surface area (Å²) in [6, 6.07) is 7.41. The number of amides is 1. The molecule has 0 atom stereocenters. The molecular weight excluding hydrogens is 232 g/mol. The fourth-order valence-electron chi connectivity index (χ4n) is 1.90. The summed E-state index contributed by atoms with van der Waals surface area (Å²) in [6.07, 6.45) is 1.42. The Hall–Kier alpha value is -2.30. The second-order valence-corrected chi connectivity index (χ2v) is 3.86. The van der Waals surface area contributed by atoms with E-state index in [9.17, 15) is 9.59 Å². The highest BCUT2D eigenvalue weighted by Crippen LogP contribution is 2.21. The van der Waals surface area contributed by atoms with Crippen LogP contribution in [0.3, 0.4) is 0 Å². The van der Waals surface area contributed by atoms with Crippen LogP contribution >= 0.6 is 0 Å². The smallest absolute Gasteiger partial charge is 0.418 e. The first-order valence-electron chi connectivity index (χ1n) is 5.55. The van der Waals surface area contributed by atoms with Crippen molar-refractivity contribution in [3.63, 3.8) is 0 Å². The van der Waals surface area contributed by atoms with Crippen molar-refractivity contribution in [1.82, 2.24) is 9.88 Å². The zero-order valence-electron chi connectivity index (χ0n) is 10.3. The van der Waals surface area contributed by atoms with Crippen LogP contribution in [0.1, 0.15) is 5.56 Å². The number of nitrogens with zero attached hydrogens (tertiary/aromatic N) is 1. The van der Waals surface area contributed by atoms with Crippen molar-refractivity contribution in [3.05, 3.63) is 36.0 Å². The van der Waals surface area contributed by atoms with Crippen LogP contribution in [0.25, 0.3) is 10.9 Å². The van der Waals surface area contributed by atoms with Gasteiger partial charge in [0, 0.05) is 18.6 Å². The predicted octanol–water partition coefficient (Wildman–Crippen LogP) is 1.54. The second kappa shape index (κ2) is 4.91. The Bertz CT molecular complexity index is 601. The Labute approximate surface area is 104 Å². The Morgan fingerprint density at radius 3 is 2.72 bits per heavy atom. The molecule has 0 aliphatic heterocycles. The maximum Gasteiger partial charge on any atom is 0.418 e. The van der Waals surface area contributed by atoms with Crippen molar-refractivity contribution in [2.45, 2.75) is 6.42 Å². The summed E-state index contributed by atoms with van der Waals surface area (Å²) in [5.74, 6) is -0.0947. The number of benzene rings is 1. The average Bonchev–Trinajstić information content (AvgIpc) is 2.77. The number of fused-ring (bicyclic) bond motifs is 1. The van der Waals surface area contributed by atoms with E-state index in [0.29, 0.717) is 0 Å². The van der Waals surface area contributed by atoms with Gasteiger partial charge in [0.1, 0.15) is 0 Å². The van der Waals surface area contributed by atoms with Gasteiger partial charge in [-0.05, 0) is 11.6 Å². The van der Waals surface area contributed by atoms with Gasteiger partial charge in [0.2, 0.25) is 5.91 Å². The summed E-state index contributed by atoms with van der Waals surface area (Å²) in [5, 5.41) is 3.45. The minimum absolute atomic E-state index is 0.0947. The van der Waals surface area contributed by atoms with Crippen LogP contribution in [0.4, 0.5) is 4.79 Å². The Kier molecular flexibility index (Phi) is 3.32. The highest BCUT2D eigenvalue weighted by molar-refractivity contribution is 5.94. The predicted molar refractivity (Wildman–Crippen MR) is 67.5 cm³/mol. The molecule has 0 radical (unpaired) electrons. The van der Waals surface area contributed by atoms with Gasteiger partial charge >= 0.3 is 6.09 Å². The largest absolute Gasteiger partial charge is 0.452 e. The quantitative estimate of drug-likeness (QED) is 0.874. The fourth-order valence-corrected chi connectivity index (χ4v) is 1.90. The molecule has 5 nitrogen and oxygen atoms in total. The third kappa shape index (κ3) is 2.07. The maximum absolute atomic E-state index is 11.6. The number of rotatable bonds is 2. The molecule has 0 saturated heterocycles. The van der Waals surface area contributed by atoms with Crippen LogP contribution in [0, 0.1) is 0 Å². The van der Waals surface area contributed by atoms with Crippen molar-refractivity contribution in [2.75, 3.05) is 14.2 Å². The van der Waals surface area contributed by atoms with E-state index >= 15 is 0 Å². The summed E-state index contributed by atoms with van der Waals surface area (Å²) >= 11 is 0. The van der Waals surface area contributed by atoms with Gasteiger partial charge < -0.3 is 10.1 Å². The molecule has 0 aliphatic carbocycles. The molecule has 0 fully saturated rings. The topological polar surface area (TPSA) is 60.3 Å². The number of carbonyl (C=O) groups is 2. The molecule has 94 valence electrons. The summed E-state index contributed by atoms with van der Waals surface area (Å²) in [6.45, 7) is 0. The van der Waals surface area contributed by atoms with E-state index in [4.69, 9.17) is 4.74 Å². The Morgan fingerprint density at radius 2 is 2.06 bits per heavy atom. The van der Waals surface area contributed by atoms with Gasteiger partial charge in [-0.2, -0.15) is 0 Å². The fraction of sp³-hybridized carbons (Fsp3) is 0.231. The van der Waals surface area contributed by atoms with E-state index in [1.165, 1.54) is 11.7 Å². The van der Waals surface area contributed by atoms with Gasteiger partial charge in [-0.15, -0.1) is 0 Å². The van der Waals surface area contributed by atoms with Crippen LogP contribution in [0.5, 0.6) is 0 Å². The standard InChI is InChI=1S/C13H14N2O3/c1-14-12(16)7-9-8-15(13(17)18-2)11-6-4-3-5-10(9)11/h3-6,8H,7H2,1-2H3,(H,14,16). The van der Waals surface area contributed by atoms with E-state index < -0.39 is 6.09 Å². The summed E-state index contributed by atoms with van der Waals surface area (Å²) in [7, 11) is 2.91. The Morgan fingerprint density at radius 1 is 1.33 bits per heavy atom. The van der Waals surface area contributed by atoms with E-state index in [1.807, 2.05) is 24.3 Å². The third-order valence-corrected chi connectivity index (χ3v) is 2.80. The molecule has 1 aromatic heterocycles. The molecule has 1 N–H and O–H groups in total. The number of ether oxygens (including phenoxy) is 1. The van der Waals surface area contributed by atoms with Gasteiger partial charge in [0.25, 0.3) is 0 Å². The maximum atomic E-state index is 11.6. The molecule has 0 aliphatic rings. The monoisotopic (exact) mass is 246 g/mol. The SMILES string of the molecule is CNC(=O)Cc1cn(C(=O)OC)c2ccccc12. The van der Waals surface area contributed by atoms with Crippen molar-refractivity contribution < 1.29 is 14.3 Å². The molecule has 0 unspecified atom stereocenters. The second-order valence-electron chi connectivity index (χ2n) is 3.86. The zero-order chi connectivity index (χ0) is 13.1. The van der Waals surface area contributed by atoms with Crippen LogP contribution in [0.15, 0.2) is 30.5 Å². The van der Waals surface area contributed by atoms with E-state index in [1.54, 1.807) is 13.2 Å². The van der Waals surface area contributed by atoms with E-state index in [0.717, 1.165) is 16.5 Å². The minimum Gasteiger partial charge on any atom is -0.452 e. The molecule has 0 spiro atoms. The summed E-state index contributed by atoms with van der Waals surface area (Å²) < 4.78 is 6.12. The number of methoxy groups -OCH3 is 1. The van der Waals surface area contributed by atoms with Crippen LogP contribution in [-0.4, -0.2) is 30.7 Å². The van der Waals surface area contributed by atoms with E-state index in [2.05, 4.69) is 5.32 Å². The third-order valence-electron chi connectivity index (χ3n) is 2.80. The molecule has 0 bridgehead atoms. The van der Waals surface area contributed by atoms with Gasteiger partial charge in [-0.25, -0.2) is 4.79 Å². The van der Waals surface area contributed by atoms with Crippen LogP contribution in [-0.2, 0) is 16.0 Å². The van der Waals surface area contributed by atoms with Crippen LogP contribution in [0.2, 0.25) is 0 Å². The molecule has 18 heavy (non-hydrogen) atoms. The molecule has 2 aromatic rings. The summed E-state index contributed by atoms with van der Waals surface area (Å²) in [5.41, 5.74) is 1.54. The first kappa shape index (κ1) is 12.2. The summed E-state index contributed by atoms with van der Waals surface area (Å²) in [4.78, 5) is 23.1. The molecule has 5 heteroatoms. The molecule has 1 amide bonds. The lowest BCUT2D eigenvalue weighted by molar-refractivity contribution is -0.119. The first-order chi connectivity index (χ1) is 8.67. The number of hydrogen-bond donors (Lipinski definition) is 1. The molecular formula is C13H14N2O3. The molecule has 1 heterocycles. The number of nitrogens with one attached hydrogen (secondary N) is 1. The van der Waals surface area contributed by atoms with Crippen LogP contribution < -0.4 is 5.32 Å². The lowest BCUT2D eigenvalue weighted by atomic mass is 10.1. The van der Waals surface area contributed by atoms with Gasteiger partial charge in [0.15, 0.2) is 0 Å². The lowest BCUT2D eigenvalue weighted by Crippen LogP contribution is -2.19. The number of likely N-dealkylation sites (N-methyl/N-ethyl adjacent to an activating group) is 1. The van der Waals surface area contributed by atoms with Gasteiger partial charge in [-0.3, -0.25) is 9.36 Å². The van der Waals surface area contributed by atoms with Gasteiger partial charge in [-0.1, -0.05) is 18.2 Å². The van der Waals surface area contributed by atoms with E-state index in [-0.39, 0.29) is 12.3 Å². The minimum atomic E-state index is -0.464. The number of para-hydroxylation sites is 1.